The van der Waals surface area contributed by atoms with Crippen molar-refractivity contribution in [1.82, 2.24) is 10.3 Å². The minimum atomic E-state index is -0.320. The second-order valence-electron chi connectivity index (χ2n) is 6.49. The maximum atomic E-state index is 12.5. The second kappa shape index (κ2) is 6.88. The third kappa shape index (κ3) is 3.32. The van der Waals surface area contributed by atoms with Gasteiger partial charge in [0.05, 0.1) is 21.1 Å². The summed E-state index contributed by atoms with van der Waals surface area (Å²) in [5.74, 6) is -0.412. The Bertz CT molecular complexity index is 968. The number of hydrogen-bond acceptors (Lipinski definition) is 4. The number of carbonyl (C=O) groups is 2. The minimum absolute atomic E-state index is 0.0174. The fourth-order valence-corrected chi connectivity index (χ4v) is 4.07. The molecule has 1 fully saturated rings. The molecule has 0 saturated carbocycles. The van der Waals surface area contributed by atoms with Gasteiger partial charge in [0, 0.05) is 25.2 Å². The topological polar surface area (TPSA) is 62.3 Å². The van der Waals surface area contributed by atoms with Gasteiger partial charge in [-0.1, -0.05) is 30.3 Å². The Morgan fingerprint density at radius 3 is 2.88 bits per heavy atom. The minimum Gasteiger partial charge on any atom is -0.352 e. The van der Waals surface area contributed by atoms with Crippen LogP contribution in [0.15, 0.2) is 48.5 Å². The van der Waals surface area contributed by atoms with Crippen LogP contribution >= 0.6 is 11.3 Å². The van der Waals surface area contributed by atoms with Gasteiger partial charge in [-0.25, -0.2) is 4.98 Å². The van der Waals surface area contributed by atoms with Crippen molar-refractivity contribution in [3.05, 3.63) is 59.1 Å². The number of aromatic nitrogens is 1. The molecule has 1 aromatic heterocycles. The third-order valence-corrected chi connectivity index (χ3v) is 5.55. The van der Waals surface area contributed by atoms with Gasteiger partial charge in [-0.2, -0.15) is 0 Å². The average molecular weight is 365 g/mol. The number of rotatable bonds is 4. The molecule has 1 saturated heterocycles. The monoisotopic (exact) mass is 365 g/mol. The van der Waals surface area contributed by atoms with Gasteiger partial charge in [-0.15, -0.1) is 11.3 Å². The van der Waals surface area contributed by atoms with Crippen LogP contribution in [0.1, 0.15) is 17.0 Å². The van der Waals surface area contributed by atoms with Crippen LogP contribution in [0.4, 0.5) is 5.69 Å². The highest BCUT2D eigenvalue weighted by Crippen LogP contribution is 2.30. The molecule has 4 rings (SSSR count). The number of nitrogens with one attached hydrogen (secondary N) is 1. The molecule has 2 aromatic carbocycles. The van der Waals surface area contributed by atoms with Gasteiger partial charge in [0.2, 0.25) is 11.8 Å². The first-order valence-corrected chi connectivity index (χ1v) is 9.41. The highest BCUT2D eigenvalue weighted by Gasteiger charge is 2.35. The number of benzene rings is 2. The molecule has 1 aliphatic rings. The predicted molar refractivity (Wildman–Crippen MR) is 103 cm³/mol. The van der Waals surface area contributed by atoms with E-state index in [1.807, 2.05) is 55.5 Å². The standard InChI is InChI=1S/C20H19N3O2S/c1-13-22-17-10-16(7-8-18(17)26-13)23-12-15(9-19(23)24)20(25)21-11-14-5-3-2-4-6-14/h2-8,10,15H,9,11-12H2,1H3,(H,21,25). The van der Waals surface area contributed by atoms with Crippen molar-refractivity contribution in [3.63, 3.8) is 0 Å². The van der Waals surface area contributed by atoms with Crippen LogP contribution in [0.2, 0.25) is 0 Å². The highest BCUT2D eigenvalue weighted by atomic mass is 32.1. The molecule has 132 valence electrons. The van der Waals surface area contributed by atoms with Gasteiger partial charge in [0.1, 0.15) is 0 Å². The van der Waals surface area contributed by atoms with Gasteiger partial charge < -0.3 is 10.2 Å². The molecule has 1 aliphatic heterocycles. The smallest absolute Gasteiger partial charge is 0.227 e. The lowest BCUT2D eigenvalue weighted by Crippen LogP contribution is -2.32. The molecule has 0 spiro atoms. The van der Waals surface area contributed by atoms with E-state index in [9.17, 15) is 9.59 Å². The van der Waals surface area contributed by atoms with Crippen molar-refractivity contribution < 1.29 is 9.59 Å². The van der Waals surface area contributed by atoms with Crippen molar-refractivity contribution in [2.24, 2.45) is 5.92 Å². The predicted octanol–water partition coefficient (Wildman–Crippen LogP) is 3.27. The lowest BCUT2D eigenvalue weighted by atomic mass is 10.1. The van der Waals surface area contributed by atoms with E-state index in [1.165, 1.54) is 0 Å². The van der Waals surface area contributed by atoms with E-state index in [0.717, 1.165) is 26.5 Å². The fourth-order valence-electron chi connectivity index (χ4n) is 3.26. The molecule has 1 unspecified atom stereocenters. The van der Waals surface area contributed by atoms with Crippen molar-refractivity contribution in [1.29, 1.82) is 0 Å². The molecular formula is C20H19N3O2S. The Balaban J connectivity index is 1.44. The fraction of sp³-hybridized carbons (Fsp3) is 0.250. The van der Waals surface area contributed by atoms with E-state index in [1.54, 1.807) is 16.2 Å². The summed E-state index contributed by atoms with van der Waals surface area (Å²) in [7, 11) is 0. The van der Waals surface area contributed by atoms with Gasteiger partial charge in [0.15, 0.2) is 0 Å². The third-order valence-electron chi connectivity index (χ3n) is 4.60. The van der Waals surface area contributed by atoms with Crippen LogP contribution in [0.25, 0.3) is 10.2 Å². The Hall–Kier alpha value is -2.73. The number of fused-ring (bicyclic) bond motifs is 1. The number of carbonyl (C=O) groups excluding carboxylic acids is 2. The second-order valence-corrected chi connectivity index (χ2v) is 7.73. The molecule has 0 bridgehead atoms. The first-order chi connectivity index (χ1) is 12.6. The Morgan fingerprint density at radius 2 is 2.08 bits per heavy atom. The molecule has 0 aliphatic carbocycles. The molecular weight excluding hydrogens is 346 g/mol. The van der Waals surface area contributed by atoms with Gasteiger partial charge in [-0.05, 0) is 30.7 Å². The molecule has 1 N–H and O–H groups in total. The summed E-state index contributed by atoms with van der Waals surface area (Å²) in [6.07, 6.45) is 0.245. The molecule has 2 heterocycles. The van der Waals surface area contributed by atoms with Crippen LogP contribution in [-0.4, -0.2) is 23.3 Å². The molecule has 26 heavy (non-hydrogen) atoms. The first-order valence-electron chi connectivity index (χ1n) is 8.59. The van der Waals surface area contributed by atoms with E-state index in [2.05, 4.69) is 10.3 Å². The zero-order valence-electron chi connectivity index (χ0n) is 14.4. The number of thiazole rings is 1. The van der Waals surface area contributed by atoms with E-state index in [0.29, 0.717) is 13.1 Å². The molecule has 6 heteroatoms. The van der Waals surface area contributed by atoms with Crippen molar-refractivity contribution in [3.8, 4) is 0 Å². The summed E-state index contributed by atoms with van der Waals surface area (Å²) in [5.41, 5.74) is 2.76. The van der Waals surface area contributed by atoms with Crippen molar-refractivity contribution in [2.75, 3.05) is 11.4 Å². The van der Waals surface area contributed by atoms with Crippen LogP contribution in [0.3, 0.4) is 0 Å². The van der Waals surface area contributed by atoms with Gasteiger partial charge in [-0.3, -0.25) is 9.59 Å². The maximum absolute atomic E-state index is 12.5. The summed E-state index contributed by atoms with van der Waals surface area (Å²) in [4.78, 5) is 31.1. The first kappa shape index (κ1) is 16.7. The van der Waals surface area contributed by atoms with Crippen LogP contribution in [0.5, 0.6) is 0 Å². The molecule has 5 nitrogen and oxygen atoms in total. The Kier molecular flexibility index (Phi) is 4.42. The van der Waals surface area contributed by atoms with Gasteiger partial charge in [0.25, 0.3) is 0 Å². The van der Waals surface area contributed by atoms with Crippen molar-refractivity contribution >= 4 is 39.1 Å². The van der Waals surface area contributed by atoms with E-state index in [4.69, 9.17) is 0 Å². The van der Waals surface area contributed by atoms with E-state index < -0.39 is 0 Å². The molecule has 0 radical (unpaired) electrons. The average Bonchev–Trinajstić information content (AvgIpc) is 3.21. The molecule has 1 atom stereocenters. The number of aryl methyl sites for hydroxylation is 1. The summed E-state index contributed by atoms with van der Waals surface area (Å²) < 4.78 is 1.11. The van der Waals surface area contributed by atoms with Crippen LogP contribution < -0.4 is 10.2 Å². The van der Waals surface area contributed by atoms with E-state index >= 15 is 0 Å². The highest BCUT2D eigenvalue weighted by molar-refractivity contribution is 7.18. The number of amides is 2. The maximum Gasteiger partial charge on any atom is 0.227 e. The molecule has 3 aromatic rings. The van der Waals surface area contributed by atoms with Crippen LogP contribution in [0, 0.1) is 12.8 Å². The quantitative estimate of drug-likeness (QED) is 0.772. The Morgan fingerprint density at radius 1 is 1.27 bits per heavy atom. The zero-order chi connectivity index (χ0) is 18.1. The summed E-state index contributed by atoms with van der Waals surface area (Å²) >= 11 is 1.64. The van der Waals surface area contributed by atoms with Crippen LogP contribution in [-0.2, 0) is 16.1 Å². The van der Waals surface area contributed by atoms with Crippen molar-refractivity contribution in [2.45, 2.75) is 19.9 Å². The zero-order valence-corrected chi connectivity index (χ0v) is 15.3. The Labute approximate surface area is 155 Å². The summed E-state index contributed by atoms with van der Waals surface area (Å²) in [5, 5.41) is 3.94. The SMILES string of the molecule is Cc1nc2cc(N3CC(C(=O)NCc4ccccc4)CC3=O)ccc2s1. The lowest BCUT2D eigenvalue weighted by molar-refractivity contribution is -0.126. The summed E-state index contributed by atoms with van der Waals surface area (Å²) in [6, 6.07) is 15.6. The normalized spacial score (nSPS) is 17.0. The lowest BCUT2D eigenvalue weighted by Gasteiger charge is -2.16. The van der Waals surface area contributed by atoms with Gasteiger partial charge >= 0.3 is 0 Å². The van der Waals surface area contributed by atoms with E-state index in [-0.39, 0.29) is 24.2 Å². The number of hydrogen-bond donors (Lipinski definition) is 1. The summed E-state index contributed by atoms with van der Waals surface area (Å²) in [6.45, 7) is 2.86. The molecule has 2 amide bonds. The largest absolute Gasteiger partial charge is 0.352 e. The number of anilines is 1. The number of nitrogens with zero attached hydrogens (tertiary/aromatic N) is 2.